The highest BCUT2D eigenvalue weighted by atomic mass is 16.6. The molecule has 0 unspecified atom stereocenters. The Morgan fingerprint density at radius 3 is 2.40 bits per heavy atom. The summed E-state index contributed by atoms with van der Waals surface area (Å²) in [6, 6.07) is 4.02. The molecule has 1 rings (SSSR count). The third-order valence-electron chi connectivity index (χ3n) is 2.44. The van der Waals surface area contributed by atoms with Crippen molar-refractivity contribution in [2.24, 2.45) is 0 Å². The summed E-state index contributed by atoms with van der Waals surface area (Å²) in [6.45, 7) is 5.91. The van der Waals surface area contributed by atoms with Crippen molar-refractivity contribution in [1.82, 2.24) is 0 Å². The van der Waals surface area contributed by atoms with Gasteiger partial charge in [0.2, 0.25) is 0 Å². The number of ether oxygens (including phenoxy) is 2. The van der Waals surface area contributed by atoms with Gasteiger partial charge in [-0.2, -0.15) is 0 Å². The van der Waals surface area contributed by atoms with Gasteiger partial charge in [0.15, 0.2) is 6.61 Å². The molecule has 82 valence electrons. The van der Waals surface area contributed by atoms with E-state index in [-0.39, 0.29) is 12.6 Å². The van der Waals surface area contributed by atoms with Crippen molar-refractivity contribution in [3.63, 3.8) is 0 Å². The predicted molar refractivity (Wildman–Crippen MR) is 58.2 cm³/mol. The quantitative estimate of drug-likeness (QED) is 0.714. The van der Waals surface area contributed by atoms with Crippen LogP contribution >= 0.6 is 0 Å². The number of carbonyl (C=O) groups is 1. The third-order valence-corrected chi connectivity index (χ3v) is 2.44. The van der Waals surface area contributed by atoms with Crippen LogP contribution in [-0.4, -0.2) is 19.7 Å². The first kappa shape index (κ1) is 11.6. The lowest BCUT2D eigenvalue weighted by Gasteiger charge is -2.12. The monoisotopic (exact) mass is 208 g/mol. The maximum absolute atomic E-state index is 10.9. The molecule has 0 N–H and O–H groups in total. The van der Waals surface area contributed by atoms with E-state index in [1.54, 1.807) is 0 Å². The highest BCUT2D eigenvalue weighted by molar-refractivity contribution is 5.71. The molecular formula is C12H16O3. The second-order valence-electron chi connectivity index (χ2n) is 3.52. The molecule has 3 nitrogen and oxygen atoms in total. The van der Waals surface area contributed by atoms with Crippen LogP contribution in [0.5, 0.6) is 5.75 Å². The predicted octanol–water partition coefficient (Wildman–Crippen LogP) is 2.16. The summed E-state index contributed by atoms with van der Waals surface area (Å²) in [5, 5.41) is 0. The Labute approximate surface area is 90.0 Å². The van der Waals surface area contributed by atoms with Crippen LogP contribution in [0.1, 0.15) is 16.7 Å². The highest BCUT2D eigenvalue weighted by Crippen LogP contribution is 2.25. The maximum atomic E-state index is 10.9. The molecule has 0 heterocycles. The zero-order valence-corrected chi connectivity index (χ0v) is 9.59. The highest BCUT2D eigenvalue weighted by Gasteiger charge is 2.08. The number of hydrogen-bond acceptors (Lipinski definition) is 3. The largest absolute Gasteiger partial charge is 0.481 e. The molecule has 0 amide bonds. The normalized spacial score (nSPS) is 9.87. The number of carbonyl (C=O) groups excluding carboxylic acids is 1. The molecule has 1 aromatic carbocycles. The second kappa shape index (κ2) is 4.82. The van der Waals surface area contributed by atoms with E-state index in [0.717, 1.165) is 22.4 Å². The van der Waals surface area contributed by atoms with Crippen molar-refractivity contribution in [1.29, 1.82) is 0 Å². The molecule has 0 fully saturated rings. The molecule has 0 atom stereocenters. The van der Waals surface area contributed by atoms with E-state index >= 15 is 0 Å². The van der Waals surface area contributed by atoms with Crippen LogP contribution in [0.15, 0.2) is 12.1 Å². The fourth-order valence-electron chi connectivity index (χ4n) is 1.34. The van der Waals surface area contributed by atoms with Crippen molar-refractivity contribution in [2.75, 3.05) is 13.7 Å². The van der Waals surface area contributed by atoms with E-state index in [2.05, 4.69) is 4.74 Å². The van der Waals surface area contributed by atoms with E-state index in [1.807, 2.05) is 32.9 Å². The fourth-order valence-corrected chi connectivity index (χ4v) is 1.34. The number of hydrogen-bond donors (Lipinski definition) is 0. The Morgan fingerprint density at radius 2 is 1.80 bits per heavy atom. The third kappa shape index (κ3) is 2.72. The molecule has 3 heteroatoms. The van der Waals surface area contributed by atoms with Gasteiger partial charge in [0.25, 0.3) is 0 Å². The van der Waals surface area contributed by atoms with Crippen LogP contribution in [0.25, 0.3) is 0 Å². The lowest BCUT2D eigenvalue weighted by molar-refractivity contribution is -0.142. The standard InChI is InChI=1S/C12H16O3/c1-8-5-6-9(2)12(10(8)3)15-7-11(13)14-4/h5-6H,7H2,1-4H3. The number of esters is 1. The molecule has 15 heavy (non-hydrogen) atoms. The lowest BCUT2D eigenvalue weighted by atomic mass is 10.1. The minimum atomic E-state index is -0.365. The van der Waals surface area contributed by atoms with E-state index < -0.39 is 0 Å². The number of benzene rings is 1. The number of rotatable bonds is 3. The zero-order valence-electron chi connectivity index (χ0n) is 9.59. The van der Waals surface area contributed by atoms with Gasteiger partial charge in [-0.25, -0.2) is 4.79 Å². The van der Waals surface area contributed by atoms with Crippen LogP contribution in [0, 0.1) is 20.8 Å². The molecule has 0 saturated carbocycles. The first-order chi connectivity index (χ1) is 7.06. The van der Waals surface area contributed by atoms with Crippen LogP contribution in [-0.2, 0) is 9.53 Å². The summed E-state index contributed by atoms with van der Waals surface area (Å²) < 4.78 is 9.94. The first-order valence-corrected chi connectivity index (χ1v) is 4.82. The molecule has 0 radical (unpaired) electrons. The number of methoxy groups -OCH3 is 1. The summed E-state index contributed by atoms with van der Waals surface area (Å²) in [4.78, 5) is 10.9. The summed E-state index contributed by atoms with van der Waals surface area (Å²) in [7, 11) is 1.35. The van der Waals surface area contributed by atoms with Gasteiger partial charge >= 0.3 is 5.97 Å². The fraction of sp³-hybridized carbons (Fsp3) is 0.417. The molecule has 0 aliphatic carbocycles. The molecule has 0 spiro atoms. The summed E-state index contributed by atoms with van der Waals surface area (Å²) in [5.41, 5.74) is 3.25. The Hall–Kier alpha value is -1.51. The summed E-state index contributed by atoms with van der Waals surface area (Å²) in [5.74, 6) is 0.413. The van der Waals surface area contributed by atoms with Gasteiger partial charge in [0.1, 0.15) is 5.75 Å². The summed E-state index contributed by atoms with van der Waals surface area (Å²) in [6.07, 6.45) is 0. The molecule has 0 aliphatic rings. The van der Waals surface area contributed by atoms with E-state index in [0.29, 0.717) is 0 Å². The maximum Gasteiger partial charge on any atom is 0.343 e. The van der Waals surface area contributed by atoms with Crippen LogP contribution < -0.4 is 4.74 Å². The topological polar surface area (TPSA) is 35.5 Å². The van der Waals surface area contributed by atoms with Gasteiger partial charge in [0, 0.05) is 0 Å². The smallest absolute Gasteiger partial charge is 0.343 e. The minimum Gasteiger partial charge on any atom is -0.481 e. The molecule has 1 aromatic rings. The van der Waals surface area contributed by atoms with E-state index in [1.165, 1.54) is 7.11 Å². The molecule has 0 bridgehead atoms. The number of aryl methyl sites for hydroxylation is 2. The van der Waals surface area contributed by atoms with Crippen LogP contribution in [0.2, 0.25) is 0 Å². The van der Waals surface area contributed by atoms with Crippen LogP contribution in [0.4, 0.5) is 0 Å². The molecule has 0 aliphatic heterocycles. The Kier molecular flexibility index (Phi) is 3.72. The first-order valence-electron chi connectivity index (χ1n) is 4.82. The van der Waals surface area contributed by atoms with Gasteiger partial charge < -0.3 is 9.47 Å². The van der Waals surface area contributed by atoms with Crippen molar-refractivity contribution in [2.45, 2.75) is 20.8 Å². The average molecular weight is 208 g/mol. The van der Waals surface area contributed by atoms with Gasteiger partial charge in [-0.15, -0.1) is 0 Å². The van der Waals surface area contributed by atoms with Crippen molar-refractivity contribution >= 4 is 5.97 Å². The van der Waals surface area contributed by atoms with E-state index in [4.69, 9.17) is 4.74 Å². The average Bonchev–Trinajstić information content (AvgIpc) is 2.23. The van der Waals surface area contributed by atoms with Crippen molar-refractivity contribution < 1.29 is 14.3 Å². The molecular weight excluding hydrogens is 192 g/mol. The van der Waals surface area contributed by atoms with Gasteiger partial charge in [-0.1, -0.05) is 12.1 Å². The minimum absolute atomic E-state index is 0.0400. The SMILES string of the molecule is COC(=O)COc1c(C)ccc(C)c1C. The second-order valence-corrected chi connectivity index (χ2v) is 3.52. The Balaban J connectivity index is 2.84. The van der Waals surface area contributed by atoms with E-state index in [9.17, 15) is 4.79 Å². The Morgan fingerprint density at radius 1 is 1.20 bits per heavy atom. The van der Waals surface area contributed by atoms with Crippen LogP contribution in [0.3, 0.4) is 0 Å². The van der Waals surface area contributed by atoms with Gasteiger partial charge in [0.05, 0.1) is 7.11 Å². The molecule has 0 aromatic heterocycles. The van der Waals surface area contributed by atoms with Gasteiger partial charge in [-0.3, -0.25) is 0 Å². The van der Waals surface area contributed by atoms with Gasteiger partial charge in [-0.05, 0) is 37.5 Å². The summed E-state index contributed by atoms with van der Waals surface area (Å²) >= 11 is 0. The molecule has 0 saturated heterocycles. The van der Waals surface area contributed by atoms with Crippen molar-refractivity contribution in [3.8, 4) is 5.75 Å². The Bertz CT molecular complexity index is 369. The van der Waals surface area contributed by atoms with Crippen molar-refractivity contribution in [3.05, 3.63) is 28.8 Å². The lowest BCUT2D eigenvalue weighted by Crippen LogP contribution is -2.13. The zero-order chi connectivity index (χ0) is 11.4.